The fourth-order valence-electron chi connectivity index (χ4n) is 2.69. The van der Waals surface area contributed by atoms with Crippen molar-refractivity contribution in [3.8, 4) is 0 Å². The van der Waals surface area contributed by atoms with Crippen LogP contribution in [0.1, 0.15) is 31.2 Å². The Morgan fingerprint density at radius 2 is 1.80 bits per heavy atom. The molecule has 1 aliphatic carbocycles. The first-order valence-corrected chi connectivity index (χ1v) is 7.36. The van der Waals surface area contributed by atoms with Gasteiger partial charge >= 0.3 is 0 Å². The van der Waals surface area contributed by atoms with Crippen molar-refractivity contribution in [1.82, 2.24) is 4.90 Å². The van der Waals surface area contributed by atoms with Gasteiger partial charge in [-0.3, -0.25) is 9.59 Å². The minimum Gasteiger partial charge on any atom is -0.368 e. The van der Waals surface area contributed by atoms with Gasteiger partial charge in [-0.1, -0.05) is 25.0 Å². The van der Waals surface area contributed by atoms with Gasteiger partial charge in [0.15, 0.2) is 0 Å². The SMILES string of the molecule is NC(=O)CN(C(=O)Cc1ccc(S)cc1)C1CCCC1. The lowest BCUT2D eigenvalue weighted by Gasteiger charge is -2.28. The lowest BCUT2D eigenvalue weighted by atomic mass is 10.1. The molecule has 1 saturated carbocycles. The highest BCUT2D eigenvalue weighted by molar-refractivity contribution is 7.80. The number of amides is 2. The minimum atomic E-state index is -0.448. The molecule has 5 heteroatoms. The summed E-state index contributed by atoms with van der Waals surface area (Å²) in [6, 6.07) is 7.66. The maximum Gasteiger partial charge on any atom is 0.237 e. The Bertz CT molecular complexity index is 481. The molecule has 1 fully saturated rings. The Balaban J connectivity index is 2.05. The topological polar surface area (TPSA) is 63.4 Å². The number of nitrogens with zero attached hydrogens (tertiary/aromatic N) is 1. The maximum atomic E-state index is 12.4. The van der Waals surface area contributed by atoms with Crippen LogP contribution in [0, 0.1) is 0 Å². The third kappa shape index (κ3) is 4.00. The zero-order valence-electron chi connectivity index (χ0n) is 11.4. The van der Waals surface area contributed by atoms with Crippen LogP contribution >= 0.6 is 12.6 Å². The first-order chi connectivity index (χ1) is 9.56. The predicted molar refractivity (Wildman–Crippen MR) is 80.6 cm³/mol. The van der Waals surface area contributed by atoms with E-state index >= 15 is 0 Å². The second kappa shape index (κ2) is 6.79. The Kier molecular flexibility index (Phi) is 5.06. The first kappa shape index (κ1) is 14.9. The van der Waals surface area contributed by atoms with Gasteiger partial charge in [0.2, 0.25) is 11.8 Å². The summed E-state index contributed by atoms with van der Waals surface area (Å²) in [5.74, 6) is -0.474. The molecule has 0 aromatic heterocycles. The molecule has 2 amide bonds. The summed E-state index contributed by atoms with van der Waals surface area (Å²) < 4.78 is 0. The Morgan fingerprint density at radius 3 is 2.35 bits per heavy atom. The van der Waals surface area contributed by atoms with E-state index in [4.69, 9.17) is 5.73 Å². The van der Waals surface area contributed by atoms with E-state index in [0.717, 1.165) is 36.1 Å². The molecule has 0 bridgehead atoms. The molecular weight excluding hydrogens is 272 g/mol. The second-order valence-corrected chi connectivity index (χ2v) is 5.79. The number of benzene rings is 1. The van der Waals surface area contributed by atoms with Crippen LogP contribution in [0.15, 0.2) is 29.2 Å². The van der Waals surface area contributed by atoms with Gasteiger partial charge in [0.25, 0.3) is 0 Å². The molecule has 0 radical (unpaired) electrons. The lowest BCUT2D eigenvalue weighted by molar-refractivity contribution is -0.136. The third-order valence-electron chi connectivity index (χ3n) is 3.70. The zero-order chi connectivity index (χ0) is 14.5. The van der Waals surface area contributed by atoms with E-state index < -0.39 is 5.91 Å². The summed E-state index contributed by atoms with van der Waals surface area (Å²) in [7, 11) is 0. The van der Waals surface area contributed by atoms with E-state index in [1.165, 1.54) is 0 Å². The van der Waals surface area contributed by atoms with Crippen LogP contribution in [0.25, 0.3) is 0 Å². The molecule has 0 saturated heterocycles. The largest absolute Gasteiger partial charge is 0.368 e. The van der Waals surface area contributed by atoms with Gasteiger partial charge < -0.3 is 10.6 Å². The van der Waals surface area contributed by atoms with Crippen LogP contribution in [0.5, 0.6) is 0 Å². The van der Waals surface area contributed by atoms with Crippen molar-refractivity contribution in [1.29, 1.82) is 0 Å². The van der Waals surface area contributed by atoms with Crippen molar-refractivity contribution < 1.29 is 9.59 Å². The highest BCUT2D eigenvalue weighted by Crippen LogP contribution is 2.24. The maximum absolute atomic E-state index is 12.4. The molecule has 0 aliphatic heterocycles. The number of rotatable bonds is 5. The van der Waals surface area contributed by atoms with Crippen LogP contribution in [0.2, 0.25) is 0 Å². The molecule has 108 valence electrons. The van der Waals surface area contributed by atoms with E-state index in [-0.39, 0.29) is 18.5 Å². The monoisotopic (exact) mass is 292 g/mol. The first-order valence-electron chi connectivity index (χ1n) is 6.92. The van der Waals surface area contributed by atoms with E-state index in [2.05, 4.69) is 12.6 Å². The Labute approximate surface area is 124 Å². The molecule has 1 aliphatic rings. The molecule has 0 atom stereocenters. The predicted octanol–water partition coefficient (Wildman–Crippen LogP) is 1.77. The number of primary amides is 1. The Hall–Kier alpha value is -1.49. The summed E-state index contributed by atoms with van der Waals surface area (Å²) in [5, 5.41) is 0. The molecular formula is C15H20N2O2S. The normalized spacial score (nSPS) is 15.2. The average molecular weight is 292 g/mol. The van der Waals surface area contributed by atoms with Crippen molar-refractivity contribution in [2.45, 2.75) is 43.0 Å². The van der Waals surface area contributed by atoms with Gasteiger partial charge in [0.05, 0.1) is 13.0 Å². The smallest absolute Gasteiger partial charge is 0.237 e. The number of nitrogens with two attached hydrogens (primary N) is 1. The summed E-state index contributed by atoms with van der Waals surface area (Å²) in [6.07, 6.45) is 4.46. The molecule has 20 heavy (non-hydrogen) atoms. The van der Waals surface area contributed by atoms with Crippen LogP contribution in [0.4, 0.5) is 0 Å². The van der Waals surface area contributed by atoms with E-state index in [1.54, 1.807) is 4.90 Å². The highest BCUT2D eigenvalue weighted by atomic mass is 32.1. The second-order valence-electron chi connectivity index (χ2n) is 5.27. The number of carbonyl (C=O) groups excluding carboxylic acids is 2. The molecule has 0 heterocycles. The van der Waals surface area contributed by atoms with Crippen LogP contribution < -0.4 is 5.73 Å². The molecule has 2 rings (SSSR count). The van der Waals surface area contributed by atoms with Crippen molar-refractivity contribution in [3.05, 3.63) is 29.8 Å². The molecule has 4 nitrogen and oxygen atoms in total. The van der Waals surface area contributed by atoms with Gasteiger partial charge in [-0.2, -0.15) is 0 Å². The van der Waals surface area contributed by atoms with Gasteiger partial charge in [0.1, 0.15) is 0 Å². The number of thiol groups is 1. The summed E-state index contributed by atoms with van der Waals surface area (Å²) in [5.41, 5.74) is 6.20. The molecule has 1 aromatic carbocycles. The van der Waals surface area contributed by atoms with Crippen molar-refractivity contribution in [3.63, 3.8) is 0 Å². The molecule has 0 unspecified atom stereocenters. The summed E-state index contributed by atoms with van der Waals surface area (Å²) in [6.45, 7) is 0.0220. The standard InChI is InChI=1S/C15H20N2O2S/c16-14(18)10-17(12-3-1-2-4-12)15(19)9-11-5-7-13(20)8-6-11/h5-8,12,20H,1-4,9-10H2,(H2,16,18). The lowest BCUT2D eigenvalue weighted by Crippen LogP contribution is -2.44. The third-order valence-corrected chi connectivity index (χ3v) is 4.00. The van der Waals surface area contributed by atoms with Crippen molar-refractivity contribution >= 4 is 24.4 Å². The Morgan fingerprint density at radius 1 is 1.20 bits per heavy atom. The fraction of sp³-hybridized carbons (Fsp3) is 0.467. The number of hydrogen-bond acceptors (Lipinski definition) is 3. The number of carbonyl (C=O) groups is 2. The average Bonchev–Trinajstić information content (AvgIpc) is 2.92. The van der Waals surface area contributed by atoms with Crippen LogP contribution in [0.3, 0.4) is 0 Å². The summed E-state index contributed by atoms with van der Waals surface area (Å²) in [4.78, 5) is 26.1. The van der Waals surface area contributed by atoms with E-state index in [9.17, 15) is 9.59 Å². The van der Waals surface area contributed by atoms with Gasteiger partial charge in [0, 0.05) is 10.9 Å². The van der Waals surface area contributed by atoms with Crippen molar-refractivity contribution in [2.24, 2.45) is 5.73 Å². The van der Waals surface area contributed by atoms with Crippen LogP contribution in [-0.2, 0) is 16.0 Å². The highest BCUT2D eigenvalue weighted by Gasteiger charge is 2.27. The summed E-state index contributed by atoms with van der Waals surface area (Å²) >= 11 is 4.22. The van der Waals surface area contributed by atoms with E-state index in [1.807, 2.05) is 24.3 Å². The molecule has 0 spiro atoms. The fourth-order valence-corrected chi connectivity index (χ4v) is 2.84. The minimum absolute atomic E-state index is 0.0220. The number of hydrogen-bond donors (Lipinski definition) is 2. The van der Waals surface area contributed by atoms with Gasteiger partial charge in [-0.05, 0) is 30.5 Å². The molecule has 1 aromatic rings. The molecule has 2 N–H and O–H groups in total. The van der Waals surface area contributed by atoms with E-state index in [0.29, 0.717) is 6.42 Å². The van der Waals surface area contributed by atoms with Gasteiger partial charge in [-0.15, -0.1) is 12.6 Å². The quantitative estimate of drug-likeness (QED) is 0.813. The van der Waals surface area contributed by atoms with Crippen LogP contribution in [-0.4, -0.2) is 29.3 Å². The van der Waals surface area contributed by atoms with Gasteiger partial charge in [-0.25, -0.2) is 0 Å². The zero-order valence-corrected chi connectivity index (χ0v) is 12.3. The van der Waals surface area contributed by atoms with Crippen molar-refractivity contribution in [2.75, 3.05) is 6.54 Å².